The van der Waals surface area contributed by atoms with Gasteiger partial charge in [0.2, 0.25) is 0 Å². The molecule has 1 heterocycles. The maximum absolute atomic E-state index is 5.52. The van der Waals surface area contributed by atoms with Crippen LogP contribution in [-0.2, 0) is 6.54 Å². The number of hydrogen-bond donors (Lipinski definition) is 1. The number of aromatic nitrogens is 2. The third-order valence-corrected chi connectivity index (χ3v) is 2.60. The highest BCUT2D eigenvalue weighted by molar-refractivity contribution is 5.22. The van der Waals surface area contributed by atoms with Crippen LogP contribution in [0.5, 0.6) is 0 Å². The van der Waals surface area contributed by atoms with Crippen LogP contribution in [0.4, 0.5) is 5.82 Å². The molecule has 1 aliphatic carbocycles. The van der Waals surface area contributed by atoms with Gasteiger partial charge in [-0.2, -0.15) is 0 Å². The Morgan fingerprint density at radius 2 is 2.25 bits per heavy atom. The van der Waals surface area contributed by atoms with Crippen LogP contribution >= 0.6 is 0 Å². The van der Waals surface area contributed by atoms with E-state index in [1.807, 2.05) is 12.5 Å². The average molecular weight is 165 g/mol. The van der Waals surface area contributed by atoms with Crippen molar-refractivity contribution in [1.29, 1.82) is 0 Å². The van der Waals surface area contributed by atoms with Gasteiger partial charge in [-0.25, -0.2) is 4.98 Å². The van der Waals surface area contributed by atoms with E-state index in [9.17, 15) is 0 Å². The lowest BCUT2D eigenvalue weighted by Gasteiger charge is -2.08. The molecule has 12 heavy (non-hydrogen) atoms. The van der Waals surface area contributed by atoms with Gasteiger partial charge in [0.25, 0.3) is 0 Å². The number of hydrogen-bond acceptors (Lipinski definition) is 2. The van der Waals surface area contributed by atoms with E-state index in [4.69, 9.17) is 5.73 Å². The number of nitrogens with zero attached hydrogens (tertiary/aromatic N) is 2. The van der Waals surface area contributed by atoms with E-state index in [0.29, 0.717) is 5.82 Å². The Kier molecular flexibility index (Phi) is 2.02. The molecule has 66 valence electrons. The van der Waals surface area contributed by atoms with Gasteiger partial charge in [-0.3, -0.25) is 0 Å². The van der Waals surface area contributed by atoms with Gasteiger partial charge in [0.05, 0.1) is 6.33 Å². The zero-order valence-corrected chi connectivity index (χ0v) is 7.24. The third kappa shape index (κ3) is 1.60. The summed E-state index contributed by atoms with van der Waals surface area (Å²) in [6.45, 7) is 1.10. The molecule has 2 rings (SSSR count). The minimum Gasteiger partial charge on any atom is -0.382 e. The summed E-state index contributed by atoms with van der Waals surface area (Å²) in [7, 11) is 0. The second-order valence-electron chi connectivity index (χ2n) is 3.65. The Morgan fingerprint density at radius 3 is 2.83 bits per heavy atom. The molecule has 2 N–H and O–H groups in total. The van der Waals surface area contributed by atoms with Gasteiger partial charge < -0.3 is 10.3 Å². The van der Waals surface area contributed by atoms with Gasteiger partial charge >= 0.3 is 0 Å². The minimum atomic E-state index is 0.632. The molecule has 0 atom stereocenters. The zero-order valence-electron chi connectivity index (χ0n) is 7.24. The molecule has 0 spiro atoms. The predicted molar refractivity (Wildman–Crippen MR) is 48.6 cm³/mol. The lowest BCUT2D eigenvalue weighted by atomic mass is 10.1. The first-order valence-electron chi connectivity index (χ1n) is 4.62. The molecule has 1 aromatic heterocycles. The zero-order chi connectivity index (χ0) is 8.39. The molecule has 0 amide bonds. The largest absolute Gasteiger partial charge is 0.382 e. The molecule has 3 heteroatoms. The fraction of sp³-hybridized carbons (Fsp3) is 0.667. The summed E-state index contributed by atoms with van der Waals surface area (Å²) in [5, 5.41) is 0. The van der Waals surface area contributed by atoms with Crippen molar-refractivity contribution < 1.29 is 0 Å². The highest BCUT2D eigenvalue weighted by Gasteiger charge is 2.14. The quantitative estimate of drug-likeness (QED) is 0.724. The molecule has 1 aliphatic rings. The van der Waals surface area contributed by atoms with Crippen LogP contribution in [0, 0.1) is 5.92 Å². The van der Waals surface area contributed by atoms with Crippen molar-refractivity contribution in [2.45, 2.75) is 32.2 Å². The molecule has 1 fully saturated rings. The standard InChI is InChI=1S/C9H15N3/c10-9-6-12(7-11-9)5-8-3-1-2-4-8/h6-8H,1-5,10H2. The molecule has 0 radical (unpaired) electrons. The predicted octanol–water partition coefficient (Wildman–Crippen LogP) is 1.66. The fourth-order valence-electron chi connectivity index (χ4n) is 1.97. The number of nitrogen functional groups attached to an aromatic ring is 1. The Bertz CT molecular complexity index is 248. The molecule has 0 bridgehead atoms. The number of anilines is 1. The van der Waals surface area contributed by atoms with Crippen LogP contribution in [0.2, 0.25) is 0 Å². The van der Waals surface area contributed by atoms with Crippen LogP contribution in [-0.4, -0.2) is 9.55 Å². The first-order valence-corrected chi connectivity index (χ1v) is 4.62. The monoisotopic (exact) mass is 165 g/mol. The van der Waals surface area contributed by atoms with Crippen LogP contribution in [0.25, 0.3) is 0 Å². The van der Waals surface area contributed by atoms with Crippen LogP contribution < -0.4 is 5.73 Å². The molecule has 1 saturated carbocycles. The molecule has 0 saturated heterocycles. The van der Waals surface area contributed by atoms with E-state index in [-0.39, 0.29) is 0 Å². The Balaban J connectivity index is 1.94. The summed E-state index contributed by atoms with van der Waals surface area (Å²) < 4.78 is 2.10. The number of nitrogens with two attached hydrogens (primary N) is 1. The molecule has 0 aliphatic heterocycles. The van der Waals surface area contributed by atoms with Crippen LogP contribution in [0.3, 0.4) is 0 Å². The highest BCUT2D eigenvalue weighted by atomic mass is 15.1. The molecule has 0 unspecified atom stereocenters. The highest BCUT2D eigenvalue weighted by Crippen LogP contribution is 2.26. The van der Waals surface area contributed by atoms with Crippen molar-refractivity contribution in [3.8, 4) is 0 Å². The molecular formula is C9H15N3. The Labute approximate surface area is 72.6 Å². The average Bonchev–Trinajstić information content (AvgIpc) is 2.63. The fourth-order valence-corrected chi connectivity index (χ4v) is 1.97. The lowest BCUT2D eigenvalue weighted by Crippen LogP contribution is -2.04. The topological polar surface area (TPSA) is 43.8 Å². The molecule has 3 nitrogen and oxygen atoms in total. The summed E-state index contributed by atoms with van der Waals surface area (Å²) in [5.41, 5.74) is 5.52. The minimum absolute atomic E-state index is 0.632. The molecule has 1 aromatic rings. The van der Waals surface area contributed by atoms with Crippen LogP contribution in [0.1, 0.15) is 25.7 Å². The van der Waals surface area contributed by atoms with E-state index in [1.165, 1.54) is 25.7 Å². The van der Waals surface area contributed by atoms with Crippen LogP contribution in [0.15, 0.2) is 12.5 Å². The van der Waals surface area contributed by atoms with Crippen molar-refractivity contribution in [3.63, 3.8) is 0 Å². The van der Waals surface area contributed by atoms with Crippen molar-refractivity contribution in [1.82, 2.24) is 9.55 Å². The van der Waals surface area contributed by atoms with E-state index in [0.717, 1.165) is 12.5 Å². The van der Waals surface area contributed by atoms with Gasteiger partial charge in [-0.05, 0) is 18.8 Å². The second kappa shape index (κ2) is 3.17. The summed E-state index contributed by atoms with van der Waals surface area (Å²) in [6, 6.07) is 0. The summed E-state index contributed by atoms with van der Waals surface area (Å²) >= 11 is 0. The third-order valence-electron chi connectivity index (χ3n) is 2.60. The summed E-state index contributed by atoms with van der Waals surface area (Å²) in [6.07, 6.45) is 9.28. The summed E-state index contributed by atoms with van der Waals surface area (Å²) in [5.74, 6) is 1.49. The number of rotatable bonds is 2. The van der Waals surface area contributed by atoms with Crippen molar-refractivity contribution in [2.24, 2.45) is 5.92 Å². The maximum atomic E-state index is 5.52. The first-order chi connectivity index (χ1) is 5.84. The Morgan fingerprint density at radius 1 is 1.50 bits per heavy atom. The molecular weight excluding hydrogens is 150 g/mol. The van der Waals surface area contributed by atoms with Crippen molar-refractivity contribution >= 4 is 5.82 Å². The van der Waals surface area contributed by atoms with E-state index in [2.05, 4.69) is 9.55 Å². The second-order valence-corrected chi connectivity index (χ2v) is 3.65. The summed E-state index contributed by atoms with van der Waals surface area (Å²) in [4.78, 5) is 4.00. The first kappa shape index (κ1) is 7.65. The number of imidazole rings is 1. The van der Waals surface area contributed by atoms with Gasteiger partial charge in [0.15, 0.2) is 0 Å². The normalized spacial score (nSPS) is 18.7. The maximum Gasteiger partial charge on any atom is 0.141 e. The van der Waals surface area contributed by atoms with Gasteiger partial charge in [0.1, 0.15) is 5.82 Å². The van der Waals surface area contributed by atoms with Crippen molar-refractivity contribution in [2.75, 3.05) is 5.73 Å². The van der Waals surface area contributed by atoms with Gasteiger partial charge in [-0.1, -0.05) is 12.8 Å². The SMILES string of the molecule is Nc1cn(CC2CCCC2)cn1. The van der Waals surface area contributed by atoms with Crippen molar-refractivity contribution in [3.05, 3.63) is 12.5 Å². The van der Waals surface area contributed by atoms with Gasteiger partial charge in [0, 0.05) is 12.7 Å². The molecule has 0 aromatic carbocycles. The smallest absolute Gasteiger partial charge is 0.141 e. The van der Waals surface area contributed by atoms with E-state index in [1.54, 1.807) is 0 Å². The lowest BCUT2D eigenvalue weighted by molar-refractivity contribution is 0.457. The van der Waals surface area contributed by atoms with E-state index < -0.39 is 0 Å². The van der Waals surface area contributed by atoms with Gasteiger partial charge in [-0.15, -0.1) is 0 Å². The van der Waals surface area contributed by atoms with E-state index >= 15 is 0 Å². The Hall–Kier alpha value is -0.990.